The fraction of sp³-hybridized carbons (Fsp3) is 0.733. The number of ether oxygens (including phenoxy) is 1. The van der Waals surface area contributed by atoms with E-state index in [2.05, 4.69) is 10.6 Å². The monoisotopic (exact) mass is 574 g/mol. The number of hydrogen-bond donors (Lipinski definition) is 3. The van der Waals surface area contributed by atoms with Gasteiger partial charge in [-0.25, -0.2) is 4.79 Å². The molecule has 1 heterocycles. The Kier molecular flexibility index (Phi) is 9.70. The SMILES string of the molecule is C/C=C(\C)C(=O)CC[C@H](NC(=O)OC(C)(C)C)C(=O)N1CC2[C@@H]([C@H]1C(=O)NC(CC1CCC1)C(=O)C(N)=O)C2(C)C. The molecular formula is C30H46N4O7. The van der Waals surface area contributed by atoms with Crippen molar-refractivity contribution in [3.63, 3.8) is 0 Å². The van der Waals surface area contributed by atoms with Gasteiger partial charge in [0.05, 0.1) is 6.04 Å². The highest BCUT2D eigenvalue weighted by atomic mass is 16.6. The zero-order valence-electron chi connectivity index (χ0n) is 25.4. The fourth-order valence-electron chi connectivity index (χ4n) is 6.08. The van der Waals surface area contributed by atoms with Gasteiger partial charge in [0.2, 0.25) is 17.6 Å². The Hall–Kier alpha value is -3.24. The molecule has 0 radical (unpaired) electrons. The molecule has 11 nitrogen and oxygen atoms in total. The summed E-state index contributed by atoms with van der Waals surface area (Å²) >= 11 is 0. The van der Waals surface area contributed by atoms with Crippen LogP contribution in [-0.4, -0.2) is 70.6 Å². The minimum absolute atomic E-state index is 0.0159. The summed E-state index contributed by atoms with van der Waals surface area (Å²) in [5.74, 6) is -3.03. The molecular weight excluding hydrogens is 528 g/mol. The van der Waals surface area contributed by atoms with Gasteiger partial charge in [-0.2, -0.15) is 0 Å². The maximum absolute atomic E-state index is 14.0. The van der Waals surface area contributed by atoms with Crippen molar-refractivity contribution < 1.29 is 33.5 Å². The molecule has 3 fully saturated rings. The zero-order chi connectivity index (χ0) is 30.9. The van der Waals surface area contributed by atoms with Crippen molar-refractivity contribution in [1.29, 1.82) is 0 Å². The molecule has 41 heavy (non-hydrogen) atoms. The van der Waals surface area contributed by atoms with Crippen molar-refractivity contribution in [3.05, 3.63) is 11.6 Å². The molecule has 2 saturated carbocycles. The molecule has 0 aromatic carbocycles. The third-order valence-electron chi connectivity index (χ3n) is 8.95. The molecule has 1 saturated heterocycles. The zero-order valence-corrected chi connectivity index (χ0v) is 25.4. The lowest BCUT2D eigenvalue weighted by Crippen LogP contribution is -2.58. The van der Waals surface area contributed by atoms with E-state index in [0.29, 0.717) is 18.5 Å². The summed E-state index contributed by atoms with van der Waals surface area (Å²) in [7, 11) is 0. The predicted molar refractivity (Wildman–Crippen MR) is 151 cm³/mol. The van der Waals surface area contributed by atoms with E-state index in [-0.39, 0.29) is 41.8 Å². The second-order valence-electron chi connectivity index (χ2n) is 13.3. The van der Waals surface area contributed by atoms with Crippen LogP contribution in [0.3, 0.4) is 0 Å². The lowest BCUT2D eigenvalue weighted by atomic mass is 9.80. The minimum atomic E-state index is -1.11. The summed E-state index contributed by atoms with van der Waals surface area (Å²) in [4.78, 5) is 78.7. The lowest BCUT2D eigenvalue weighted by molar-refractivity contribution is -0.144. The third-order valence-corrected chi connectivity index (χ3v) is 8.95. The Bertz CT molecular complexity index is 1120. The third kappa shape index (κ3) is 7.54. The number of piperidine rings is 1. The van der Waals surface area contributed by atoms with Crippen LogP contribution in [0.2, 0.25) is 0 Å². The minimum Gasteiger partial charge on any atom is -0.444 e. The van der Waals surface area contributed by atoms with Crippen molar-refractivity contribution in [3.8, 4) is 0 Å². The number of hydrogen-bond acceptors (Lipinski definition) is 7. The molecule has 3 rings (SSSR count). The van der Waals surface area contributed by atoms with Crippen LogP contribution in [0.5, 0.6) is 0 Å². The molecule has 4 N–H and O–H groups in total. The molecule has 228 valence electrons. The molecule has 0 spiro atoms. The van der Waals surface area contributed by atoms with E-state index in [9.17, 15) is 28.8 Å². The second kappa shape index (κ2) is 12.3. The molecule has 4 amide bonds. The molecule has 2 aliphatic carbocycles. The standard InChI is InChI=1S/C30H46N4O7/c1-8-16(2)21(35)13-12-19(33-28(40)41-29(3,4)5)27(39)34-15-18-22(30(18,6)7)23(34)26(38)32-20(24(36)25(31)37)14-17-10-9-11-17/h8,17-20,22-23H,9-15H2,1-7H3,(H2,31,37)(H,32,38)(H,33,40)/b16-8+/t18?,19-,20?,22-,23-/m0/s1. The summed E-state index contributed by atoms with van der Waals surface area (Å²) < 4.78 is 5.37. The number of nitrogens with zero attached hydrogens (tertiary/aromatic N) is 1. The van der Waals surface area contributed by atoms with Crippen LogP contribution in [0.4, 0.5) is 4.79 Å². The molecule has 0 aromatic rings. The van der Waals surface area contributed by atoms with Crippen LogP contribution in [0.15, 0.2) is 11.6 Å². The maximum Gasteiger partial charge on any atom is 0.408 e. The van der Waals surface area contributed by atoms with Crippen LogP contribution >= 0.6 is 0 Å². The number of amides is 4. The van der Waals surface area contributed by atoms with Gasteiger partial charge in [-0.15, -0.1) is 0 Å². The molecule has 2 unspecified atom stereocenters. The van der Waals surface area contributed by atoms with Crippen LogP contribution in [0, 0.1) is 23.2 Å². The van der Waals surface area contributed by atoms with E-state index in [0.717, 1.165) is 19.3 Å². The second-order valence-corrected chi connectivity index (χ2v) is 13.3. The van der Waals surface area contributed by atoms with E-state index < -0.39 is 53.3 Å². The molecule has 1 aliphatic heterocycles. The van der Waals surface area contributed by atoms with E-state index in [1.54, 1.807) is 40.7 Å². The summed E-state index contributed by atoms with van der Waals surface area (Å²) in [6, 6.07) is -3.06. The van der Waals surface area contributed by atoms with Gasteiger partial charge in [-0.1, -0.05) is 39.2 Å². The predicted octanol–water partition coefficient (Wildman–Crippen LogP) is 2.41. The van der Waals surface area contributed by atoms with Gasteiger partial charge in [0.15, 0.2) is 5.78 Å². The highest BCUT2D eigenvalue weighted by Crippen LogP contribution is 2.65. The number of Topliss-reactive ketones (excluding diaryl/α,β-unsaturated/α-hetero) is 2. The molecule has 0 aromatic heterocycles. The largest absolute Gasteiger partial charge is 0.444 e. The van der Waals surface area contributed by atoms with Crippen LogP contribution in [0.1, 0.15) is 87.0 Å². The topological polar surface area (TPSA) is 165 Å². The van der Waals surface area contributed by atoms with E-state index in [1.165, 1.54) is 4.90 Å². The van der Waals surface area contributed by atoms with Crippen molar-refractivity contribution in [2.45, 2.75) is 111 Å². The first-order valence-corrected chi connectivity index (χ1v) is 14.6. The number of allylic oxidation sites excluding steroid dienone is 2. The van der Waals surface area contributed by atoms with Gasteiger partial charge in [0, 0.05) is 13.0 Å². The van der Waals surface area contributed by atoms with Crippen LogP contribution < -0.4 is 16.4 Å². The Morgan fingerprint density at radius 3 is 2.22 bits per heavy atom. The number of rotatable bonds is 12. The van der Waals surface area contributed by atoms with E-state index in [1.807, 2.05) is 13.8 Å². The van der Waals surface area contributed by atoms with Crippen molar-refractivity contribution in [2.75, 3.05) is 6.54 Å². The van der Waals surface area contributed by atoms with Gasteiger partial charge in [-0.3, -0.25) is 24.0 Å². The number of alkyl carbamates (subject to hydrolysis) is 1. The number of carbonyl (C=O) groups is 6. The van der Waals surface area contributed by atoms with E-state index >= 15 is 0 Å². The number of fused-ring (bicyclic) bond motifs is 1. The van der Waals surface area contributed by atoms with Crippen molar-refractivity contribution in [1.82, 2.24) is 15.5 Å². The van der Waals surface area contributed by atoms with Gasteiger partial charge in [0.1, 0.15) is 17.7 Å². The Morgan fingerprint density at radius 2 is 1.71 bits per heavy atom. The highest BCUT2D eigenvalue weighted by molar-refractivity contribution is 6.37. The number of ketones is 2. The normalized spacial score (nSPS) is 24.8. The number of likely N-dealkylation sites (tertiary alicyclic amines) is 1. The average Bonchev–Trinajstić information content (AvgIpc) is 3.17. The summed E-state index contributed by atoms with van der Waals surface area (Å²) in [5.41, 5.74) is 4.82. The van der Waals surface area contributed by atoms with Gasteiger partial charge in [-0.05, 0) is 76.2 Å². The number of carbonyl (C=O) groups excluding carboxylic acids is 6. The van der Waals surface area contributed by atoms with Crippen molar-refractivity contribution in [2.24, 2.45) is 28.9 Å². The molecule has 0 bridgehead atoms. The quantitative estimate of drug-likeness (QED) is 0.238. The van der Waals surface area contributed by atoms with Crippen LogP contribution in [-0.2, 0) is 28.7 Å². The average molecular weight is 575 g/mol. The van der Waals surface area contributed by atoms with Gasteiger partial charge in [0.25, 0.3) is 5.91 Å². The first-order valence-electron chi connectivity index (χ1n) is 14.6. The number of nitrogens with two attached hydrogens (primary N) is 1. The Labute approximate surface area is 242 Å². The fourth-order valence-corrected chi connectivity index (χ4v) is 6.08. The van der Waals surface area contributed by atoms with Crippen molar-refractivity contribution >= 4 is 35.4 Å². The first-order chi connectivity index (χ1) is 19.0. The Morgan fingerprint density at radius 1 is 1.07 bits per heavy atom. The smallest absolute Gasteiger partial charge is 0.408 e. The number of nitrogens with one attached hydrogen (secondary N) is 2. The number of primary amides is 1. The highest BCUT2D eigenvalue weighted by Gasteiger charge is 2.69. The van der Waals surface area contributed by atoms with Gasteiger partial charge >= 0.3 is 6.09 Å². The maximum atomic E-state index is 14.0. The molecule has 3 aliphatic rings. The lowest BCUT2D eigenvalue weighted by Gasteiger charge is -2.35. The summed E-state index contributed by atoms with van der Waals surface area (Å²) in [6.45, 7) is 12.9. The van der Waals surface area contributed by atoms with E-state index in [4.69, 9.17) is 10.5 Å². The summed E-state index contributed by atoms with van der Waals surface area (Å²) in [6.07, 6.45) is 4.09. The first kappa shape index (κ1) is 32.3. The molecule has 11 heteroatoms. The summed E-state index contributed by atoms with van der Waals surface area (Å²) in [5, 5.41) is 5.36. The molecule has 5 atom stereocenters. The van der Waals surface area contributed by atoms with Gasteiger partial charge < -0.3 is 26.0 Å². The Balaban J connectivity index is 1.84. The van der Waals surface area contributed by atoms with Crippen LogP contribution in [0.25, 0.3) is 0 Å².